The van der Waals surface area contributed by atoms with Crippen molar-refractivity contribution in [2.24, 2.45) is 0 Å². The molecule has 0 bridgehead atoms. The van der Waals surface area contributed by atoms with Crippen LogP contribution in [-0.4, -0.2) is 31.5 Å². The van der Waals surface area contributed by atoms with Gasteiger partial charge in [-0.1, -0.05) is 11.6 Å². The monoisotopic (exact) mass is 275 g/mol. The van der Waals surface area contributed by atoms with E-state index >= 15 is 0 Å². The van der Waals surface area contributed by atoms with E-state index < -0.39 is 0 Å². The summed E-state index contributed by atoms with van der Waals surface area (Å²) >= 11 is 11.3. The molecule has 0 atom stereocenters. The van der Waals surface area contributed by atoms with E-state index in [0.717, 1.165) is 5.56 Å². The van der Waals surface area contributed by atoms with Crippen LogP contribution in [0.15, 0.2) is 18.2 Å². The molecule has 5 heteroatoms. The van der Waals surface area contributed by atoms with Crippen molar-refractivity contribution in [2.45, 2.75) is 6.92 Å². The normalized spacial score (nSPS) is 10.3. The van der Waals surface area contributed by atoms with Gasteiger partial charge in [0.1, 0.15) is 0 Å². The smallest absolute Gasteiger partial charge is 0.251 e. The second kappa shape index (κ2) is 7.54. The van der Waals surface area contributed by atoms with Gasteiger partial charge in [0, 0.05) is 23.0 Å². The van der Waals surface area contributed by atoms with Gasteiger partial charge < -0.3 is 10.1 Å². The van der Waals surface area contributed by atoms with Crippen LogP contribution in [0.3, 0.4) is 0 Å². The molecule has 1 aromatic rings. The molecule has 0 unspecified atom stereocenters. The lowest BCUT2D eigenvalue weighted by Crippen LogP contribution is -2.27. The third-order valence-electron chi connectivity index (χ3n) is 2.06. The molecule has 3 nitrogen and oxygen atoms in total. The molecule has 0 heterocycles. The zero-order valence-corrected chi connectivity index (χ0v) is 11.1. The fourth-order valence-electron chi connectivity index (χ4n) is 1.36. The number of ether oxygens (including phenoxy) is 1. The summed E-state index contributed by atoms with van der Waals surface area (Å²) in [7, 11) is 0. The number of aryl methyl sites for hydroxylation is 1. The van der Waals surface area contributed by atoms with Gasteiger partial charge in [-0.25, -0.2) is 0 Å². The van der Waals surface area contributed by atoms with Gasteiger partial charge in [0.2, 0.25) is 0 Å². The summed E-state index contributed by atoms with van der Waals surface area (Å²) in [5.41, 5.74) is 1.52. The van der Waals surface area contributed by atoms with E-state index in [0.29, 0.717) is 36.2 Å². The standard InChI is InChI=1S/C12H15Cl2NO2/c1-9-6-10(8-11(14)7-9)12(16)15-3-5-17-4-2-13/h6-8H,2-5H2,1H3,(H,15,16). The van der Waals surface area contributed by atoms with Gasteiger partial charge >= 0.3 is 0 Å². The molecule has 0 aliphatic rings. The number of rotatable bonds is 6. The summed E-state index contributed by atoms with van der Waals surface area (Å²) in [5, 5.41) is 3.31. The molecule has 0 aromatic heterocycles. The van der Waals surface area contributed by atoms with Gasteiger partial charge in [-0.15, -0.1) is 11.6 Å². The summed E-state index contributed by atoms with van der Waals surface area (Å²) in [5.74, 6) is 0.312. The van der Waals surface area contributed by atoms with Crippen LogP contribution < -0.4 is 5.32 Å². The molecule has 17 heavy (non-hydrogen) atoms. The first kappa shape index (κ1) is 14.3. The van der Waals surface area contributed by atoms with Crippen molar-refractivity contribution >= 4 is 29.1 Å². The first-order valence-electron chi connectivity index (χ1n) is 5.32. The van der Waals surface area contributed by atoms with Crippen molar-refractivity contribution in [1.82, 2.24) is 5.32 Å². The number of amides is 1. The molecule has 0 saturated carbocycles. The van der Waals surface area contributed by atoms with E-state index in [9.17, 15) is 4.79 Å². The van der Waals surface area contributed by atoms with Crippen molar-refractivity contribution in [3.05, 3.63) is 34.3 Å². The van der Waals surface area contributed by atoms with Gasteiger partial charge in [-0.05, 0) is 30.7 Å². The first-order chi connectivity index (χ1) is 8.13. The Hall–Kier alpha value is -0.770. The number of nitrogens with one attached hydrogen (secondary N) is 1. The average molecular weight is 276 g/mol. The van der Waals surface area contributed by atoms with Crippen LogP contribution in [0.2, 0.25) is 5.02 Å². The van der Waals surface area contributed by atoms with E-state index in [4.69, 9.17) is 27.9 Å². The Balaban J connectivity index is 2.41. The Labute approximate surface area is 111 Å². The minimum Gasteiger partial charge on any atom is -0.378 e. The number of carbonyl (C=O) groups is 1. The van der Waals surface area contributed by atoms with Gasteiger partial charge in [-0.2, -0.15) is 0 Å². The first-order valence-corrected chi connectivity index (χ1v) is 6.24. The lowest BCUT2D eigenvalue weighted by molar-refractivity contribution is 0.0923. The van der Waals surface area contributed by atoms with Crippen LogP contribution in [0.1, 0.15) is 15.9 Å². The highest BCUT2D eigenvalue weighted by Gasteiger charge is 2.06. The summed E-state index contributed by atoms with van der Waals surface area (Å²) in [4.78, 5) is 11.7. The number of hydrogen-bond donors (Lipinski definition) is 1. The minimum atomic E-state index is -0.148. The predicted octanol–water partition coefficient (Wildman–Crippen LogP) is 2.63. The highest BCUT2D eigenvalue weighted by molar-refractivity contribution is 6.31. The Morgan fingerprint density at radius 2 is 2.12 bits per heavy atom. The van der Waals surface area contributed by atoms with E-state index in [1.54, 1.807) is 12.1 Å². The highest BCUT2D eigenvalue weighted by Crippen LogP contribution is 2.14. The maximum absolute atomic E-state index is 11.7. The predicted molar refractivity (Wildman–Crippen MR) is 70.1 cm³/mol. The number of hydrogen-bond acceptors (Lipinski definition) is 2. The molecule has 94 valence electrons. The molecular formula is C12H15Cl2NO2. The summed E-state index contributed by atoms with van der Waals surface area (Å²) in [6.07, 6.45) is 0. The van der Waals surface area contributed by atoms with E-state index in [2.05, 4.69) is 5.32 Å². The maximum Gasteiger partial charge on any atom is 0.251 e. The topological polar surface area (TPSA) is 38.3 Å². The van der Waals surface area contributed by atoms with E-state index in [-0.39, 0.29) is 5.91 Å². The molecule has 0 aliphatic heterocycles. The molecular weight excluding hydrogens is 261 g/mol. The SMILES string of the molecule is Cc1cc(Cl)cc(C(=O)NCCOCCCl)c1. The Kier molecular flexibility index (Phi) is 6.34. The molecule has 0 radical (unpaired) electrons. The van der Waals surface area contributed by atoms with Gasteiger partial charge in [0.25, 0.3) is 5.91 Å². The molecule has 1 aromatic carbocycles. The van der Waals surface area contributed by atoms with Crippen LogP contribution >= 0.6 is 23.2 Å². The molecule has 0 saturated heterocycles. The summed E-state index contributed by atoms with van der Waals surface area (Å²) in [6.45, 7) is 3.30. The Bertz CT molecular complexity index is 363. The summed E-state index contributed by atoms with van der Waals surface area (Å²) < 4.78 is 5.14. The van der Waals surface area contributed by atoms with E-state index in [1.807, 2.05) is 13.0 Å². The molecule has 0 spiro atoms. The van der Waals surface area contributed by atoms with Crippen molar-refractivity contribution in [1.29, 1.82) is 0 Å². The number of alkyl halides is 1. The molecule has 1 rings (SSSR count). The second-order valence-electron chi connectivity index (χ2n) is 3.57. The van der Waals surface area contributed by atoms with Crippen LogP contribution in [0.25, 0.3) is 0 Å². The van der Waals surface area contributed by atoms with Crippen molar-refractivity contribution in [3.8, 4) is 0 Å². The summed E-state index contributed by atoms with van der Waals surface area (Å²) in [6, 6.07) is 5.24. The van der Waals surface area contributed by atoms with E-state index in [1.165, 1.54) is 0 Å². The lowest BCUT2D eigenvalue weighted by Gasteiger charge is -2.06. The van der Waals surface area contributed by atoms with Gasteiger partial charge in [-0.3, -0.25) is 4.79 Å². The molecule has 1 amide bonds. The van der Waals surface area contributed by atoms with Crippen LogP contribution in [0.5, 0.6) is 0 Å². The average Bonchev–Trinajstić information content (AvgIpc) is 2.27. The molecule has 0 fully saturated rings. The van der Waals surface area contributed by atoms with Crippen LogP contribution in [-0.2, 0) is 4.74 Å². The largest absolute Gasteiger partial charge is 0.378 e. The van der Waals surface area contributed by atoms with Gasteiger partial charge in [0.05, 0.1) is 13.2 Å². The zero-order chi connectivity index (χ0) is 12.7. The maximum atomic E-state index is 11.7. The number of halogens is 2. The van der Waals surface area contributed by atoms with Crippen molar-refractivity contribution in [3.63, 3.8) is 0 Å². The van der Waals surface area contributed by atoms with Crippen molar-refractivity contribution in [2.75, 3.05) is 25.6 Å². The quantitative estimate of drug-likeness (QED) is 0.640. The lowest BCUT2D eigenvalue weighted by atomic mass is 10.1. The van der Waals surface area contributed by atoms with Crippen LogP contribution in [0, 0.1) is 6.92 Å². The third-order valence-corrected chi connectivity index (χ3v) is 2.43. The fraction of sp³-hybridized carbons (Fsp3) is 0.417. The molecule has 0 aliphatic carbocycles. The zero-order valence-electron chi connectivity index (χ0n) is 9.63. The van der Waals surface area contributed by atoms with Crippen LogP contribution in [0.4, 0.5) is 0 Å². The fourth-order valence-corrected chi connectivity index (χ4v) is 1.76. The Morgan fingerprint density at radius 3 is 2.76 bits per heavy atom. The molecule has 1 N–H and O–H groups in total. The van der Waals surface area contributed by atoms with Crippen molar-refractivity contribution < 1.29 is 9.53 Å². The second-order valence-corrected chi connectivity index (χ2v) is 4.39. The Morgan fingerprint density at radius 1 is 1.35 bits per heavy atom. The van der Waals surface area contributed by atoms with Gasteiger partial charge in [0.15, 0.2) is 0 Å². The highest BCUT2D eigenvalue weighted by atomic mass is 35.5. The number of carbonyl (C=O) groups excluding carboxylic acids is 1. The third kappa shape index (κ3) is 5.39. The number of benzene rings is 1. The minimum absolute atomic E-state index is 0.148.